The van der Waals surface area contributed by atoms with Gasteiger partial charge in [-0.3, -0.25) is 0 Å². The molecule has 172 valence electrons. The number of rotatable bonds is 7. The van der Waals surface area contributed by atoms with Gasteiger partial charge >= 0.3 is 6.36 Å². The van der Waals surface area contributed by atoms with Crippen LogP contribution in [0.15, 0.2) is 36.5 Å². The monoisotopic (exact) mass is 448 g/mol. The molecule has 0 radical (unpaired) electrons. The molecule has 0 amide bonds. The number of piperidine rings is 1. The molecule has 4 rings (SSSR count). The first-order chi connectivity index (χ1) is 15.3. The van der Waals surface area contributed by atoms with Crippen LogP contribution in [-0.4, -0.2) is 40.1 Å². The fraction of sp³-hybridized carbons (Fsp3) is 0.455. The van der Waals surface area contributed by atoms with Gasteiger partial charge in [0.1, 0.15) is 11.6 Å². The minimum absolute atomic E-state index is 0.141. The predicted octanol–water partition coefficient (Wildman–Crippen LogP) is 4.53. The second kappa shape index (κ2) is 9.23. The predicted molar refractivity (Wildman–Crippen MR) is 117 cm³/mol. The smallest absolute Gasteiger partial charge is 0.405 e. The lowest BCUT2D eigenvalue weighted by molar-refractivity contribution is -0.274. The average Bonchev–Trinajstić information content (AvgIpc) is 3.17. The Hall–Kier alpha value is -3.01. The lowest BCUT2D eigenvalue weighted by atomic mass is 10.1. The highest BCUT2D eigenvalue weighted by Crippen LogP contribution is 2.29. The van der Waals surface area contributed by atoms with E-state index < -0.39 is 6.36 Å². The number of nitrogens with zero attached hydrogens (tertiary/aromatic N) is 3. The van der Waals surface area contributed by atoms with Crippen molar-refractivity contribution in [2.24, 2.45) is 0 Å². The van der Waals surface area contributed by atoms with Crippen LogP contribution < -0.4 is 20.7 Å². The lowest BCUT2D eigenvalue weighted by Gasteiger charge is -2.24. The number of aromatic nitrogens is 3. The van der Waals surface area contributed by atoms with Crippen LogP contribution in [0.1, 0.15) is 43.9 Å². The van der Waals surface area contributed by atoms with Gasteiger partial charge in [0.15, 0.2) is 5.65 Å². The van der Waals surface area contributed by atoms with Crippen LogP contribution in [0.4, 0.5) is 24.7 Å². The molecule has 32 heavy (non-hydrogen) atoms. The van der Waals surface area contributed by atoms with Crippen molar-refractivity contribution in [1.82, 2.24) is 19.9 Å². The molecule has 10 heteroatoms. The topological polar surface area (TPSA) is 75.5 Å². The third kappa shape index (κ3) is 5.24. The van der Waals surface area contributed by atoms with Crippen molar-refractivity contribution in [2.75, 3.05) is 23.7 Å². The number of anilines is 2. The Morgan fingerprint density at radius 3 is 2.69 bits per heavy atom. The second-order valence-corrected chi connectivity index (χ2v) is 8.19. The summed E-state index contributed by atoms with van der Waals surface area (Å²) in [4.78, 5) is 4.51. The molecule has 1 aliphatic rings. The first-order valence-corrected chi connectivity index (χ1v) is 10.7. The molecule has 0 unspecified atom stereocenters. The molecule has 1 fully saturated rings. The Bertz CT molecular complexity index is 1060. The zero-order chi connectivity index (χ0) is 22.7. The van der Waals surface area contributed by atoms with E-state index in [4.69, 9.17) is 5.10 Å². The third-order valence-corrected chi connectivity index (χ3v) is 5.44. The van der Waals surface area contributed by atoms with Crippen LogP contribution >= 0.6 is 0 Å². The maximum absolute atomic E-state index is 12.8. The van der Waals surface area contributed by atoms with Gasteiger partial charge in [-0.05, 0) is 37.9 Å². The van der Waals surface area contributed by atoms with Gasteiger partial charge in [-0.15, -0.1) is 18.3 Å². The molecule has 0 aliphatic carbocycles. The molecule has 1 aliphatic heterocycles. The summed E-state index contributed by atoms with van der Waals surface area (Å²) in [7, 11) is 0. The summed E-state index contributed by atoms with van der Waals surface area (Å²) in [6, 6.07) is 8.27. The number of halogens is 3. The molecular formula is C22H27F3N6O. The highest BCUT2D eigenvalue weighted by Gasteiger charge is 2.32. The summed E-state index contributed by atoms with van der Waals surface area (Å²) in [5.74, 6) is 0.684. The molecule has 0 saturated carbocycles. The number of para-hydroxylation sites is 1. The maximum atomic E-state index is 12.8. The van der Waals surface area contributed by atoms with E-state index in [0.717, 1.165) is 31.6 Å². The molecule has 0 bridgehead atoms. The van der Waals surface area contributed by atoms with Gasteiger partial charge in [0, 0.05) is 24.2 Å². The number of hydrogen-bond donors (Lipinski definition) is 3. The first-order valence-electron chi connectivity index (χ1n) is 10.7. The van der Waals surface area contributed by atoms with Gasteiger partial charge in [-0.2, -0.15) is 0 Å². The summed E-state index contributed by atoms with van der Waals surface area (Å²) in [6.45, 7) is 6.17. The maximum Gasteiger partial charge on any atom is 0.573 e. The van der Waals surface area contributed by atoms with Crippen LogP contribution in [0.5, 0.6) is 5.75 Å². The molecule has 1 saturated heterocycles. The summed E-state index contributed by atoms with van der Waals surface area (Å²) in [5, 5.41) is 14.8. The number of nitrogens with one attached hydrogen (secondary N) is 3. The Balaban J connectivity index is 1.63. The Labute approximate surface area is 184 Å². The molecule has 3 N–H and O–H groups in total. The van der Waals surface area contributed by atoms with E-state index >= 15 is 0 Å². The van der Waals surface area contributed by atoms with Gasteiger partial charge in [0.05, 0.1) is 17.6 Å². The first kappa shape index (κ1) is 22.2. The molecule has 3 heterocycles. The Kier molecular flexibility index (Phi) is 6.40. The van der Waals surface area contributed by atoms with Crippen molar-refractivity contribution >= 4 is 17.2 Å². The quantitative estimate of drug-likeness (QED) is 0.493. The molecule has 1 aromatic carbocycles. The van der Waals surface area contributed by atoms with E-state index in [2.05, 4.69) is 39.5 Å². The van der Waals surface area contributed by atoms with E-state index in [1.54, 1.807) is 22.8 Å². The van der Waals surface area contributed by atoms with Crippen LogP contribution in [0.3, 0.4) is 0 Å². The van der Waals surface area contributed by atoms with Crippen molar-refractivity contribution in [3.63, 3.8) is 0 Å². The summed E-state index contributed by atoms with van der Waals surface area (Å²) in [5.41, 5.74) is 2.66. The van der Waals surface area contributed by atoms with Gasteiger partial charge in [-0.25, -0.2) is 9.50 Å². The molecular weight excluding hydrogens is 421 g/mol. The van der Waals surface area contributed by atoms with Crippen LogP contribution in [0.2, 0.25) is 0 Å². The van der Waals surface area contributed by atoms with E-state index in [-0.39, 0.29) is 18.2 Å². The van der Waals surface area contributed by atoms with Crippen molar-refractivity contribution in [3.05, 3.63) is 47.8 Å². The zero-order valence-corrected chi connectivity index (χ0v) is 18.0. The fourth-order valence-corrected chi connectivity index (χ4v) is 3.82. The third-order valence-electron chi connectivity index (χ3n) is 5.44. The number of ether oxygens (including phenoxy) is 1. The molecule has 0 spiro atoms. The van der Waals surface area contributed by atoms with Crippen LogP contribution in [0, 0.1) is 0 Å². The minimum Gasteiger partial charge on any atom is -0.405 e. The molecule has 7 nitrogen and oxygen atoms in total. The summed E-state index contributed by atoms with van der Waals surface area (Å²) in [6.07, 6.45) is -0.981. The van der Waals surface area contributed by atoms with Crippen molar-refractivity contribution in [1.29, 1.82) is 0 Å². The average molecular weight is 448 g/mol. The number of benzene rings is 1. The minimum atomic E-state index is -4.75. The van der Waals surface area contributed by atoms with Gasteiger partial charge in [-0.1, -0.05) is 32.0 Å². The second-order valence-electron chi connectivity index (χ2n) is 8.19. The normalized spacial score (nSPS) is 15.3. The fourth-order valence-electron chi connectivity index (χ4n) is 3.82. The standard InChI is InChI=1S/C22H27F3N6O/c1-14(2)18-13-28-21-17(11-20(30-31(18)21)29-16-7-9-26-10-8-16)27-12-15-5-3-4-6-19(15)32-22(23,24)25/h3-6,11,13-14,16,26-27H,7-10,12H2,1-2H3,(H,29,30). The SMILES string of the molecule is CC(C)c1cnc2c(NCc3ccccc3OC(F)(F)F)cc(NC3CCNCC3)nn12. The highest BCUT2D eigenvalue weighted by atomic mass is 19.4. The summed E-state index contributed by atoms with van der Waals surface area (Å²) >= 11 is 0. The number of alkyl halides is 3. The van der Waals surface area contributed by atoms with Gasteiger partial charge in [0.25, 0.3) is 0 Å². The van der Waals surface area contributed by atoms with Crippen LogP contribution in [-0.2, 0) is 6.54 Å². The lowest BCUT2D eigenvalue weighted by Crippen LogP contribution is -2.35. The number of imidazole rings is 1. The summed E-state index contributed by atoms with van der Waals surface area (Å²) < 4.78 is 44.3. The van der Waals surface area contributed by atoms with Crippen molar-refractivity contribution < 1.29 is 17.9 Å². The van der Waals surface area contributed by atoms with E-state index in [1.165, 1.54) is 12.1 Å². The van der Waals surface area contributed by atoms with Gasteiger partial charge in [0.2, 0.25) is 0 Å². The molecule has 0 atom stereocenters. The zero-order valence-electron chi connectivity index (χ0n) is 18.0. The van der Waals surface area contributed by atoms with Crippen molar-refractivity contribution in [3.8, 4) is 5.75 Å². The van der Waals surface area contributed by atoms with E-state index in [0.29, 0.717) is 28.8 Å². The van der Waals surface area contributed by atoms with Crippen molar-refractivity contribution in [2.45, 2.75) is 51.6 Å². The number of hydrogen-bond acceptors (Lipinski definition) is 6. The molecule has 3 aromatic rings. The number of fused-ring (bicyclic) bond motifs is 1. The highest BCUT2D eigenvalue weighted by molar-refractivity contribution is 5.71. The molecule has 2 aromatic heterocycles. The van der Waals surface area contributed by atoms with E-state index in [9.17, 15) is 13.2 Å². The van der Waals surface area contributed by atoms with Crippen LogP contribution in [0.25, 0.3) is 5.65 Å². The Morgan fingerprint density at radius 2 is 1.97 bits per heavy atom. The Morgan fingerprint density at radius 1 is 1.22 bits per heavy atom. The van der Waals surface area contributed by atoms with Gasteiger partial charge < -0.3 is 20.7 Å². The largest absolute Gasteiger partial charge is 0.573 e. The van der Waals surface area contributed by atoms with E-state index in [1.807, 2.05) is 6.07 Å².